The molecule has 0 unspecified atom stereocenters. The maximum Gasteiger partial charge on any atom is 0.222 e. The highest BCUT2D eigenvalue weighted by atomic mass is 35.5. The lowest BCUT2D eigenvalue weighted by molar-refractivity contribution is 0.881. The van der Waals surface area contributed by atoms with Gasteiger partial charge in [-0.1, -0.05) is 6.07 Å². The molecule has 1 N–H and O–H groups in total. The first kappa shape index (κ1) is 8.12. The fourth-order valence-electron chi connectivity index (χ4n) is 0.906. The number of H-pyrrole nitrogens is 1. The molecule has 2 rings (SSSR count). The molecule has 0 amide bonds. The summed E-state index contributed by atoms with van der Waals surface area (Å²) in [6, 6.07) is 3.69. The molecule has 0 saturated heterocycles. The summed E-state index contributed by atoms with van der Waals surface area (Å²) in [6.45, 7) is 0. The first-order valence-electron chi connectivity index (χ1n) is 3.65. The van der Waals surface area contributed by atoms with Gasteiger partial charge < -0.3 is 0 Å². The van der Waals surface area contributed by atoms with Crippen molar-refractivity contribution in [1.29, 1.82) is 0 Å². The monoisotopic (exact) mass is 195 g/mol. The molecule has 5 nitrogen and oxygen atoms in total. The van der Waals surface area contributed by atoms with Crippen LogP contribution < -0.4 is 0 Å². The number of tetrazole rings is 1. The van der Waals surface area contributed by atoms with E-state index in [4.69, 9.17) is 11.6 Å². The average molecular weight is 196 g/mol. The molecule has 6 heteroatoms. The van der Waals surface area contributed by atoms with Crippen LogP contribution >= 0.6 is 11.6 Å². The Balaban J connectivity index is 2.33. The minimum atomic E-state index is 0.458. The lowest BCUT2D eigenvalue weighted by atomic mass is 10.3. The van der Waals surface area contributed by atoms with E-state index in [1.807, 2.05) is 12.1 Å². The summed E-state index contributed by atoms with van der Waals surface area (Å²) in [5.74, 6) is 0.945. The zero-order chi connectivity index (χ0) is 9.10. The van der Waals surface area contributed by atoms with E-state index in [1.54, 1.807) is 6.20 Å². The van der Waals surface area contributed by atoms with Gasteiger partial charge in [-0.25, -0.2) is 0 Å². The zero-order valence-electron chi connectivity index (χ0n) is 6.61. The second-order valence-corrected chi connectivity index (χ2v) is 2.69. The van der Waals surface area contributed by atoms with Crippen LogP contribution in [-0.4, -0.2) is 25.6 Å². The van der Waals surface area contributed by atoms with Gasteiger partial charge in [-0.15, -0.1) is 21.8 Å². The number of nitrogens with zero attached hydrogens (tertiary/aromatic N) is 4. The van der Waals surface area contributed by atoms with Crippen LogP contribution in [0.4, 0.5) is 0 Å². The molecule has 2 aromatic rings. The van der Waals surface area contributed by atoms with E-state index in [0.717, 1.165) is 5.56 Å². The molecular formula is C7H6ClN5. The number of halogens is 1. The van der Waals surface area contributed by atoms with Crippen LogP contribution in [0.2, 0.25) is 0 Å². The lowest BCUT2D eigenvalue weighted by Gasteiger charge is -1.95. The van der Waals surface area contributed by atoms with Crippen molar-refractivity contribution in [2.45, 2.75) is 5.88 Å². The Labute approximate surface area is 79.1 Å². The van der Waals surface area contributed by atoms with Gasteiger partial charge in [0.05, 0.1) is 0 Å². The summed E-state index contributed by atoms with van der Waals surface area (Å²) >= 11 is 5.61. The van der Waals surface area contributed by atoms with Crippen LogP contribution in [-0.2, 0) is 5.88 Å². The molecular weight excluding hydrogens is 190 g/mol. The molecule has 0 aromatic carbocycles. The van der Waals surface area contributed by atoms with E-state index >= 15 is 0 Å². The number of aromatic nitrogens is 5. The van der Waals surface area contributed by atoms with Crippen LogP contribution in [0, 0.1) is 0 Å². The maximum absolute atomic E-state index is 5.61. The number of rotatable bonds is 2. The number of pyridine rings is 1. The average Bonchev–Trinajstić information content (AvgIpc) is 2.71. The molecule has 2 aromatic heterocycles. The van der Waals surface area contributed by atoms with Crippen molar-refractivity contribution in [1.82, 2.24) is 25.6 Å². The van der Waals surface area contributed by atoms with Crippen LogP contribution in [0.3, 0.4) is 0 Å². The Morgan fingerprint density at radius 3 is 2.85 bits per heavy atom. The van der Waals surface area contributed by atoms with Crippen molar-refractivity contribution in [2.24, 2.45) is 0 Å². The maximum atomic E-state index is 5.61. The number of aromatic amines is 1. The molecule has 2 heterocycles. The molecule has 0 aliphatic rings. The van der Waals surface area contributed by atoms with Gasteiger partial charge in [0.2, 0.25) is 5.82 Å². The third-order valence-electron chi connectivity index (χ3n) is 1.55. The quantitative estimate of drug-likeness (QED) is 0.726. The van der Waals surface area contributed by atoms with Crippen LogP contribution in [0.15, 0.2) is 18.3 Å². The summed E-state index contributed by atoms with van der Waals surface area (Å²) < 4.78 is 0. The molecule has 13 heavy (non-hydrogen) atoms. The fourth-order valence-corrected chi connectivity index (χ4v) is 1.06. The van der Waals surface area contributed by atoms with Crippen molar-refractivity contribution in [2.75, 3.05) is 0 Å². The molecule has 0 aliphatic heterocycles. The summed E-state index contributed by atoms with van der Waals surface area (Å²) in [4.78, 5) is 4.12. The fraction of sp³-hybridized carbons (Fsp3) is 0.143. The van der Waals surface area contributed by atoms with Crippen molar-refractivity contribution in [3.05, 3.63) is 23.9 Å². The van der Waals surface area contributed by atoms with E-state index in [0.29, 0.717) is 17.4 Å². The summed E-state index contributed by atoms with van der Waals surface area (Å²) in [5.41, 5.74) is 1.65. The highest BCUT2D eigenvalue weighted by Gasteiger charge is 2.02. The summed E-state index contributed by atoms with van der Waals surface area (Å²) in [7, 11) is 0. The number of hydrogen-bond acceptors (Lipinski definition) is 4. The molecule has 0 atom stereocenters. The van der Waals surface area contributed by atoms with Gasteiger partial charge in [-0.3, -0.25) is 4.98 Å². The van der Waals surface area contributed by atoms with E-state index in [1.165, 1.54) is 0 Å². The Morgan fingerprint density at radius 2 is 2.31 bits per heavy atom. The number of alkyl halides is 1. The third kappa shape index (κ3) is 1.65. The minimum Gasteiger partial charge on any atom is -0.252 e. The smallest absolute Gasteiger partial charge is 0.222 e. The highest BCUT2D eigenvalue weighted by Crippen LogP contribution is 2.10. The SMILES string of the molecule is ClCc1ccc(-c2nn[nH]n2)nc1. The van der Waals surface area contributed by atoms with Crippen molar-refractivity contribution < 1.29 is 0 Å². The van der Waals surface area contributed by atoms with Crippen molar-refractivity contribution >= 4 is 11.6 Å². The van der Waals surface area contributed by atoms with Crippen molar-refractivity contribution in [3.63, 3.8) is 0 Å². The van der Waals surface area contributed by atoms with Crippen LogP contribution in [0.1, 0.15) is 5.56 Å². The Hall–Kier alpha value is -1.49. The Morgan fingerprint density at radius 1 is 1.38 bits per heavy atom. The molecule has 0 fully saturated rings. The zero-order valence-corrected chi connectivity index (χ0v) is 7.36. The van der Waals surface area contributed by atoms with E-state index < -0.39 is 0 Å². The van der Waals surface area contributed by atoms with Gasteiger partial charge in [-0.05, 0) is 16.8 Å². The van der Waals surface area contributed by atoms with Gasteiger partial charge in [-0.2, -0.15) is 5.21 Å². The first-order valence-corrected chi connectivity index (χ1v) is 4.18. The van der Waals surface area contributed by atoms with Crippen molar-refractivity contribution in [3.8, 4) is 11.5 Å². The minimum absolute atomic E-state index is 0.458. The molecule has 0 saturated carbocycles. The largest absolute Gasteiger partial charge is 0.252 e. The standard InChI is InChI=1S/C7H6ClN5/c8-3-5-1-2-6(9-4-5)7-10-12-13-11-7/h1-2,4H,3H2,(H,10,11,12,13). The molecule has 0 aliphatic carbocycles. The Bertz CT molecular complexity index is 368. The third-order valence-corrected chi connectivity index (χ3v) is 1.86. The molecule has 0 radical (unpaired) electrons. The molecule has 0 bridgehead atoms. The predicted molar refractivity (Wildman–Crippen MR) is 47.0 cm³/mol. The first-order chi connectivity index (χ1) is 6.40. The van der Waals surface area contributed by atoms with E-state index in [-0.39, 0.29) is 0 Å². The normalized spacial score (nSPS) is 10.2. The Kier molecular flexibility index (Phi) is 2.18. The van der Waals surface area contributed by atoms with Gasteiger partial charge in [0.15, 0.2) is 0 Å². The van der Waals surface area contributed by atoms with Gasteiger partial charge in [0.25, 0.3) is 0 Å². The summed E-state index contributed by atoms with van der Waals surface area (Å²) in [6.07, 6.45) is 1.69. The topological polar surface area (TPSA) is 67.3 Å². The van der Waals surface area contributed by atoms with Gasteiger partial charge in [0.1, 0.15) is 5.69 Å². The van der Waals surface area contributed by atoms with Gasteiger partial charge >= 0.3 is 0 Å². The second kappa shape index (κ2) is 3.49. The number of nitrogens with one attached hydrogen (secondary N) is 1. The molecule has 66 valence electrons. The predicted octanol–water partition coefficient (Wildman–Crippen LogP) is 1.00. The molecule has 0 spiro atoms. The van der Waals surface area contributed by atoms with E-state index in [2.05, 4.69) is 25.6 Å². The van der Waals surface area contributed by atoms with Crippen LogP contribution in [0.5, 0.6) is 0 Å². The van der Waals surface area contributed by atoms with E-state index in [9.17, 15) is 0 Å². The number of hydrogen-bond donors (Lipinski definition) is 1. The summed E-state index contributed by atoms with van der Waals surface area (Å²) in [5, 5.41) is 13.4. The van der Waals surface area contributed by atoms with Gasteiger partial charge in [0, 0.05) is 12.1 Å². The highest BCUT2D eigenvalue weighted by molar-refractivity contribution is 6.17. The lowest BCUT2D eigenvalue weighted by Crippen LogP contribution is -1.87. The second-order valence-electron chi connectivity index (χ2n) is 2.42. The van der Waals surface area contributed by atoms with Crippen LogP contribution in [0.25, 0.3) is 11.5 Å².